The number of hydrogen-bond acceptors (Lipinski definition) is 7. The summed E-state index contributed by atoms with van der Waals surface area (Å²) in [6, 6.07) is 14.2. The number of phenols is 1. The Labute approximate surface area is 193 Å². The van der Waals surface area contributed by atoms with Gasteiger partial charge in [0.05, 0.1) is 14.2 Å². The largest absolute Gasteiger partial charge is 0.502 e. The molecule has 0 bridgehead atoms. The number of piperazine rings is 1. The standard InChI is InChI=1S/C22H28N2O3.C2H2O4/c1-26-20-15-19(16-21(27-2)22(20)25)17-24-13-11-23(12-14-24)10-6-9-18-7-4-3-5-8-18;3-1(4)2(5)6/h3-9,15-16,25H,10-14,17H2,1-2H3;(H,3,4)(H,5,6). The molecule has 33 heavy (non-hydrogen) atoms. The fraction of sp³-hybridized carbons (Fsp3) is 0.333. The fourth-order valence-electron chi connectivity index (χ4n) is 3.33. The van der Waals surface area contributed by atoms with Crippen LogP contribution in [0.3, 0.4) is 0 Å². The Morgan fingerprint density at radius 1 is 0.909 bits per heavy atom. The predicted octanol–water partition coefficient (Wildman–Crippen LogP) is 2.40. The van der Waals surface area contributed by atoms with Crippen LogP contribution in [0.5, 0.6) is 17.2 Å². The van der Waals surface area contributed by atoms with Crippen LogP contribution in [0, 0.1) is 0 Å². The van der Waals surface area contributed by atoms with E-state index in [-0.39, 0.29) is 5.75 Å². The lowest BCUT2D eigenvalue weighted by Gasteiger charge is -2.34. The molecule has 1 aliphatic rings. The topological polar surface area (TPSA) is 120 Å². The molecule has 0 amide bonds. The zero-order valence-corrected chi connectivity index (χ0v) is 18.8. The van der Waals surface area contributed by atoms with Crippen molar-refractivity contribution >= 4 is 18.0 Å². The number of rotatable bonds is 7. The predicted molar refractivity (Wildman–Crippen MR) is 124 cm³/mol. The van der Waals surface area contributed by atoms with E-state index in [1.54, 1.807) is 14.2 Å². The number of benzene rings is 2. The number of aliphatic carboxylic acids is 2. The van der Waals surface area contributed by atoms with Gasteiger partial charge in [0.25, 0.3) is 0 Å². The minimum atomic E-state index is -1.82. The van der Waals surface area contributed by atoms with Gasteiger partial charge >= 0.3 is 11.9 Å². The Kier molecular flexibility index (Phi) is 10.2. The third kappa shape index (κ3) is 8.47. The van der Waals surface area contributed by atoms with E-state index in [1.807, 2.05) is 18.2 Å². The fourth-order valence-corrected chi connectivity index (χ4v) is 3.33. The van der Waals surface area contributed by atoms with Crippen LogP contribution in [0.1, 0.15) is 11.1 Å². The molecular weight excluding hydrogens is 428 g/mol. The first-order chi connectivity index (χ1) is 15.8. The minimum Gasteiger partial charge on any atom is -0.502 e. The van der Waals surface area contributed by atoms with Crippen LogP contribution < -0.4 is 9.47 Å². The maximum Gasteiger partial charge on any atom is 0.414 e. The second kappa shape index (κ2) is 13.1. The van der Waals surface area contributed by atoms with Gasteiger partial charge in [0, 0.05) is 39.3 Å². The van der Waals surface area contributed by atoms with Crippen LogP contribution >= 0.6 is 0 Å². The van der Waals surface area contributed by atoms with Gasteiger partial charge in [-0.05, 0) is 23.3 Å². The summed E-state index contributed by atoms with van der Waals surface area (Å²) in [5.41, 5.74) is 2.32. The first-order valence-electron chi connectivity index (χ1n) is 10.4. The van der Waals surface area contributed by atoms with Crippen molar-refractivity contribution in [2.75, 3.05) is 46.9 Å². The molecule has 0 unspecified atom stereocenters. The molecule has 0 aromatic heterocycles. The van der Waals surface area contributed by atoms with Crippen molar-refractivity contribution in [3.63, 3.8) is 0 Å². The van der Waals surface area contributed by atoms with E-state index in [9.17, 15) is 5.11 Å². The molecule has 2 aromatic rings. The van der Waals surface area contributed by atoms with Gasteiger partial charge in [-0.15, -0.1) is 0 Å². The average molecular weight is 459 g/mol. The first-order valence-corrected chi connectivity index (χ1v) is 10.4. The van der Waals surface area contributed by atoms with E-state index in [0.29, 0.717) is 11.5 Å². The lowest BCUT2D eigenvalue weighted by molar-refractivity contribution is -0.159. The van der Waals surface area contributed by atoms with Crippen molar-refractivity contribution in [3.05, 3.63) is 59.7 Å². The van der Waals surface area contributed by atoms with Crippen LogP contribution in [0.2, 0.25) is 0 Å². The highest BCUT2D eigenvalue weighted by Crippen LogP contribution is 2.37. The summed E-state index contributed by atoms with van der Waals surface area (Å²) >= 11 is 0. The average Bonchev–Trinajstić information content (AvgIpc) is 2.82. The van der Waals surface area contributed by atoms with Gasteiger partial charge < -0.3 is 24.8 Å². The number of nitrogens with zero attached hydrogens (tertiary/aromatic N) is 2. The SMILES string of the molecule is COc1cc(CN2CCN(CC=Cc3ccccc3)CC2)cc(OC)c1O.O=C(O)C(=O)O. The van der Waals surface area contributed by atoms with Gasteiger partial charge in [-0.3, -0.25) is 9.80 Å². The van der Waals surface area contributed by atoms with E-state index < -0.39 is 11.9 Å². The van der Waals surface area contributed by atoms with Gasteiger partial charge in [0.2, 0.25) is 5.75 Å². The maximum absolute atomic E-state index is 10.0. The quantitative estimate of drug-likeness (QED) is 0.537. The van der Waals surface area contributed by atoms with Gasteiger partial charge in [-0.2, -0.15) is 0 Å². The minimum absolute atomic E-state index is 0.0544. The Morgan fingerprint density at radius 3 is 1.91 bits per heavy atom. The molecule has 1 saturated heterocycles. The zero-order valence-electron chi connectivity index (χ0n) is 18.8. The lowest BCUT2D eigenvalue weighted by Crippen LogP contribution is -2.45. The Balaban J connectivity index is 0.000000569. The third-order valence-electron chi connectivity index (χ3n) is 5.07. The highest BCUT2D eigenvalue weighted by atomic mass is 16.5. The molecule has 3 N–H and O–H groups in total. The first kappa shape index (κ1) is 25.7. The van der Waals surface area contributed by atoms with E-state index in [0.717, 1.165) is 44.8 Å². The van der Waals surface area contributed by atoms with E-state index in [2.05, 4.69) is 46.2 Å². The molecule has 0 radical (unpaired) electrons. The van der Waals surface area contributed by atoms with Crippen LogP contribution in [-0.4, -0.2) is 84.0 Å². The molecule has 1 heterocycles. The number of ether oxygens (including phenoxy) is 2. The summed E-state index contributed by atoms with van der Waals surface area (Å²) < 4.78 is 10.5. The molecule has 9 nitrogen and oxygen atoms in total. The summed E-state index contributed by atoms with van der Waals surface area (Å²) in [6.07, 6.45) is 4.42. The highest BCUT2D eigenvalue weighted by molar-refractivity contribution is 6.27. The number of carbonyl (C=O) groups is 2. The van der Waals surface area contributed by atoms with Crippen molar-refractivity contribution in [1.82, 2.24) is 9.80 Å². The van der Waals surface area contributed by atoms with Gasteiger partial charge in [0.1, 0.15) is 0 Å². The van der Waals surface area contributed by atoms with Gasteiger partial charge in [-0.1, -0.05) is 42.5 Å². The van der Waals surface area contributed by atoms with Crippen molar-refractivity contribution in [2.45, 2.75) is 6.54 Å². The maximum atomic E-state index is 10.0. The van der Waals surface area contributed by atoms with E-state index in [1.165, 1.54) is 5.56 Å². The summed E-state index contributed by atoms with van der Waals surface area (Å²) in [5, 5.41) is 24.8. The molecule has 2 aromatic carbocycles. The Bertz CT molecular complexity index is 902. The molecule has 1 fully saturated rings. The molecule has 0 aliphatic carbocycles. The molecule has 3 rings (SSSR count). The van der Waals surface area contributed by atoms with Crippen molar-refractivity contribution in [3.8, 4) is 17.2 Å². The number of phenolic OH excluding ortho intramolecular Hbond substituents is 1. The van der Waals surface area contributed by atoms with Gasteiger partial charge in [-0.25, -0.2) is 9.59 Å². The molecule has 0 saturated carbocycles. The second-order valence-corrected chi connectivity index (χ2v) is 7.35. The summed E-state index contributed by atoms with van der Waals surface area (Å²) in [7, 11) is 3.11. The number of carboxylic acid groups (broad SMARTS) is 2. The third-order valence-corrected chi connectivity index (χ3v) is 5.07. The van der Waals surface area contributed by atoms with Crippen LogP contribution in [0.4, 0.5) is 0 Å². The molecule has 9 heteroatoms. The van der Waals surface area contributed by atoms with E-state index in [4.69, 9.17) is 29.3 Å². The van der Waals surface area contributed by atoms with Crippen molar-refractivity contribution < 1.29 is 34.4 Å². The normalized spacial score (nSPS) is 14.4. The smallest absolute Gasteiger partial charge is 0.414 e. The van der Waals surface area contributed by atoms with Crippen LogP contribution in [-0.2, 0) is 16.1 Å². The number of carboxylic acids is 2. The van der Waals surface area contributed by atoms with Crippen molar-refractivity contribution in [1.29, 1.82) is 0 Å². The van der Waals surface area contributed by atoms with Crippen LogP contribution in [0.15, 0.2) is 48.5 Å². The molecule has 1 aliphatic heterocycles. The molecule has 0 spiro atoms. The lowest BCUT2D eigenvalue weighted by atomic mass is 10.1. The number of aromatic hydroxyl groups is 1. The summed E-state index contributed by atoms with van der Waals surface area (Å²) in [5.74, 6) is -2.69. The second-order valence-electron chi connectivity index (χ2n) is 7.35. The Morgan fingerprint density at radius 2 is 1.42 bits per heavy atom. The summed E-state index contributed by atoms with van der Waals surface area (Å²) in [6.45, 7) is 5.93. The number of hydrogen-bond donors (Lipinski definition) is 3. The van der Waals surface area contributed by atoms with Crippen molar-refractivity contribution in [2.24, 2.45) is 0 Å². The molecule has 0 atom stereocenters. The monoisotopic (exact) mass is 458 g/mol. The number of methoxy groups -OCH3 is 2. The highest BCUT2D eigenvalue weighted by Gasteiger charge is 2.18. The zero-order chi connectivity index (χ0) is 24.2. The molecular formula is C24H30N2O7. The van der Waals surface area contributed by atoms with Crippen LogP contribution in [0.25, 0.3) is 6.08 Å². The molecule has 178 valence electrons. The summed E-state index contributed by atoms with van der Waals surface area (Å²) in [4.78, 5) is 23.1. The van der Waals surface area contributed by atoms with Gasteiger partial charge in [0.15, 0.2) is 11.5 Å². The van der Waals surface area contributed by atoms with E-state index >= 15 is 0 Å². The Hall–Kier alpha value is -3.56.